The molecule has 0 saturated heterocycles. The standard InChI is InChI=1S/C19H16N2O4.Na/c1-25-17-9-10-20-15(17)12-14-13-6-2-3-7-16(13)21(19(14)24)11-5-4-8-18(22)23;/h2-3,6-7,9-10,12,20H,4,8H2,1H3,(H,22,23);. The number of benzene rings is 1. The van der Waals surface area contributed by atoms with Crippen molar-refractivity contribution in [2.24, 2.45) is 0 Å². The molecule has 1 aromatic heterocycles. The monoisotopic (exact) mass is 359 g/mol. The number of para-hydroxylation sites is 1. The first-order chi connectivity index (χ1) is 12.1. The van der Waals surface area contributed by atoms with E-state index in [-0.39, 0.29) is 48.3 Å². The fourth-order valence-corrected chi connectivity index (χ4v) is 2.60. The Morgan fingerprint density at radius 2 is 2.12 bits per heavy atom. The fourth-order valence-electron chi connectivity index (χ4n) is 2.60. The number of methoxy groups -OCH3 is 1. The molecule has 1 aliphatic heterocycles. The van der Waals surface area contributed by atoms with E-state index in [4.69, 9.17) is 9.84 Å². The summed E-state index contributed by atoms with van der Waals surface area (Å²) in [4.78, 5) is 27.8. The number of hydrogen-bond acceptors (Lipinski definition) is 3. The average molecular weight is 359 g/mol. The SMILES string of the molecule is COc1cc[nH]c1C=C1C(=O)N(C#CCCC(=O)O)c2ccccc21.[Na]. The van der Waals surface area contributed by atoms with Crippen LogP contribution in [0.4, 0.5) is 5.69 Å². The van der Waals surface area contributed by atoms with Crippen LogP contribution in [0.3, 0.4) is 0 Å². The predicted octanol–water partition coefficient (Wildman–Crippen LogP) is 2.36. The number of aromatic amines is 1. The predicted molar refractivity (Wildman–Crippen MR) is 99.5 cm³/mol. The van der Waals surface area contributed by atoms with Crippen LogP contribution in [0, 0.1) is 12.0 Å². The van der Waals surface area contributed by atoms with Gasteiger partial charge in [0.1, 0.15) is 5.75 Å². The first kappa shape index (κ1) is 19.9. The Morgan fingerprint density at radius 3 is 2.85 bits per heavy atom. The van der Waals surface area contributed by atoms with Crippen LogP contribution in [0.25, 0.3) is 11.6 Å². The van der Waals surface area contributed by atoms with E-state index in [1.807, 2.05) is 24.3 Å². The van der Waals surface area contributed by atoms with Gasteiger partial charge in [0.2, 0.25) is 0 Å². The Kier molecular flexibility index (Phi) is 6.70. The number of aliphatic carboxylic acids is 1. The minimum atomic E-state index is -0.915. The number of H-pyrrole nitrogens is 1. The molecule has 6 nitrogen and oxygen atoms in total. The van der Waals surface area contributed by atoms with Gasteiger partial charge in [-0.2, -0.15) is 0 Å². The van der Waals surface area contributed by atoms with Crippen molar-refractivity contribution in [3.63, 3.8) is 0 Å². The topological polar surface area (TPSA) is 82.6 Å². The Labute approximate surface area is 173 Å². The Bertz CT molecular complexity index is 921. The van der Waals surface area contributed by atoms with Gasteiger partial charge in [0, 0.05) is 53.8 Å². The van der Waals surface area contributed by atoms with Gasteiger partial charge < -0.3 is 14.8 Å². The molecular weight excluding hydrogens is 343 g/mol. The van der Waals surface area contributed by atoms with E-state index in [9.17, 15) is 9.59 Å². The molecule has 3 rings (SSSR count). The maximum Gasteiger partial charge on any atom is 0.304 e. The molecule has 1 amide bonds. The number of rotatable bonds is 4. The average Bonchev–Trinajstić information content (AvgIpc) is 3.16. The number of anilines is 1. The van der Waals surface area contributed by atoms with Gasteiger partial charge in [-0.15, -0.1) is 0 Å². The van der Waals surface area contributed by atoms with Gasteiger partial charge in [0.05, 0.1) is 30.5 Å². The molecule has 0 aliphatic carbocycles. The van der Waals surface area contributed by atoms with Crippen molar-refractivity contribution < 1.29 is 19.4 Å². The molecule has 127 valence electrons. The van der Waals surface area contributed by atoms with E-state index in [0.29, 0.717) is 22.7 Å². The van der Waals surface area contributed by atoms with Crippen LogP contribution in [0.5, 0.6) is 5.75 Å². The van der Waals surface area contributed by atoms with Crippen LogP contribution in [0.1, 0.15) is 24.1 Å². The van der Waals surface area contributed by atoms with Gasteiger partial charge in [-0.05, 0) is 18.2 Å². The van der Waals surface area contributed by atoms with Crippen LogP contribution in [-0.4, -0.2) is 58.6 Å². The quantitative estimate of drug-likeness (QED) is 0.499. The molecule has 2 N–H and O–H groups in total. The molecule has 0 saturated carbocycles. The molecule has 1 aromatic carbocycles. The summed E-state index contributed by atoms with van der Waals surface area (Å²) < 4.78 is 5.26. The van der Waals surface area contributed by atoms with Crippen molar-refractivity contribution in [3.8, 4) is 17.7 Å². The van der Waals surface area contributed by atoms with Crippen molar-refractivity contribution in [2.75, 3.05) is 12.0 Å². The first-order valence-corrected chi connectivity index (χ1v) is 7.69. The van der Waals surface area contributed by atoms with Crippen LogP contribution in [-0.2, 0) is 9.59 Å². The summed E-state index contributed by atoms with van der Waals surface area (Å²) in [7, 11) is 1.57. The Hall–Kier alpha value is -2.46. The van der Waals surface area contributed by atoms with E-state index in [0.717, 1.165) is 5.56 Å². The van der Waals surface area contributed by atoms with Gasteiger partial charge in [-0.3, -0.25) is 9.59 Å². The number of nitrogens with one attached hydrogen (secondary N) is 1. The molecule has 2 heterocycles. The first-order valence-electron chi connectivity index (χ1n) is 7.69. The zero-order chi connectivity index (χ0) is 17.8. The molecular formula is C19H16N2NaO4. The number of aromatic nitrogens is 1. The Morgan fingerprint density at radius 1 is 1.35 bits per heavy atom. The normalized spacial score (nSPS) is 13.7. The van der Waals surface area contributed by atoms with E-state index < -0.39 is 5.97 Å². The number of carbonyl (C=O) groups is 2. The zero-order valence-corrected chi connectivity index (χ0v) is 16.6. The number of hydrogen-bond donors (Lipinski definition) is 2. The van der Waals surface area contributed by atoms with Gasteiger partial charge >= 0.3 is 5.97 Å². The molecule has 0 unspecified atom stereocenters. The number of nitrogens with zero attached hydrogens (tertiary/aromatic N) is 1. The van der Waals surface area contributed by atoms with Crippen LogP contribution < -0.4 is 9.64 Å². The van der Waals surface area contributed by atoms with Crippen molar-refractivity contribution in [2.45, 2.75) is 12.8 Å². The van der Waals surface area contributed by atoms with E-state index >= 15 is 0 Å². The third-order valence-electron chi connectivity index (χ3n) is 3.77. The summed E-state index contributed by atoms with van der Waals surface area (Å²) in [5.74, 6) is 2.22. The number of carboxylic acids is 1. The van der Waals surface area contributed by atoms with Crippen molar-refractivity contribution in [1.82, 2.24) is 4.98 Å². The van der Waals surface area contributed by atoms with E-state index in [2.05, 4.69) is 16.9 Å². The van der Waals surface area contributed by atoms with Crippen molar-refractivity contribution >= 4 is 58.8 Å². The zero-order valence-electron chi connectivity index (χ0n) is 14.6. The minimum absolute atomic E-state index is 0. The molecule has 0 atom stereocenters. The fraction of sp³-hybridized carbons (Fsp3) is 0.158. The molecule has 0 bridgehead atoms. The van der Waals surface area contributed by atoms with Crippen molar-refractivity contribution in [3.05, 3.63) is 47.8 Å². The van der Waals surface area contributed by atoms with Crippen LogP contribution >= 0.6 is 0 Å². The Balaban J connectivity index is 0.00000243. The third-order valence-corrected chi connectivity index (χ3v) is 3.77. The summed E-state index contributed by atoms with van der Waals surface area (Å²) in [5.41, 5.74) is 2.66. The van der Waals surface area contributed by atoms with E-state index in [1.54, 1.807) is 25.4 Å². The number of ether oxygens (including phenoxy) is 1. The second kappa shape index (κ2) is 8.77. The van der Waals surface area contributed by atoms with E-state index in [1.165, 1.54) is 4.90 Å². The summed E-state index contributed by atoms with van der Waals surface area (Å²) >= 11 is 0. The third kappa shape index (κ3) is 4.02. The second-order valence-electron chi connectivity index (χ2n) is 5.36. The maximum absolute atomic E-state index is 12.8. The van der Waals surface area contributed by atoms with Crippen LogP contribution in [0.15, 0.2) is 36.5 Å². The molecule has 0 fully saturated rings. The second-order valence-corrected chi connectivity index (χ2v) is 5.36. The molecule has 0 spiro atoms. The molecule has 1 aliphatic rings. The van der Waals surface area contributed by atoms with Crippen molar-refractivity contribution in [1.29, 1.82) is 0 Å². The number of fused-ring (bicyclic) bond motifs is 1. The largest absolute Gasteiger partial charge is 0.495 e. The summed E-state index contributed by atoms with van der Waals surface area (Å²) in [5, 5.41) is 8.68. The molecule has 26 heavy (non-hydrogen) atoms. The van der Waals surface area contributed by atoms with Gasteiger partial charge in [-0.1, -0.05) is 24.1 Å². The summed E-state index contributed by atoms with van der Waals surface area (Å²) in [6.07, 6.45) is 3.60. The minimum Gasteiger partial charge on any atom is -0.495 e. The number of amides is 1. The maximum atomic E-state index is 12.8. The van der Waals surface area contributed by atoms with Gasteiger partial charge in [0.15, 0.2) is 0 Å². The number of carboxylic acid groups (broad SMARTS) is 1. The van der Waals surface area contributed by atoms with Crippen LogP contribution in [0.2, 0.25) is 0 Å². The smallest absolute Gasteiger partial charge is 0.304 e. The van der Waals surface area contributed by atoms with Gasteiger partial charge in [0.25, 0.3) is 5.91 Å². The molecule has 2 aromatic rings. The molecule has 1 radical (unpaired) electrons. The summed E-state index contributed by atoms with van der Waals surface area (Å²) in [6.45, 7) is 0. The number of carbonyl (C=O) groups excluding carboxylic acids is 1. The van der Waals surface area contributed by atoms with Gasteiger partial charge in [-0.25, -0.2) is 4.90 Å². The summed E-state index contributed by atoms with van der Waals surface area (Å²) in [6, 6.07) is 11.9. The molecule has 7 heteroatoms.